The van der Waals surface area contributed by atoms with Crippen LogP contribution in [0.5, 0.6) is 0 Å². The number of halogens is 1. The van der Waals surface area contributed by atoms with Crippen LogP contribution in [-0.2, 0) is 16.1 Å². The van der Waals surface area contributed by atoms with E-state index in [-0.39, 0.29) is 30.6 Å². The summed E-state index contributed by atoms with van der Waals surface area (Å²) in [6.07, 6.45) is -0.112. The molecule has 0 bridgehead atoms. The molecule has 8 heteroatoms. The molecule has 0 saturated carbocycles. The van der Waals surface area contributed by atoms with Crippen molar-refractivity contribution >= 4 is 17.5 Å². The van der Waals surface area contributed by atoms with E-state index in [2.05, 4.69) is 10.5 Å². The average molecular weight is 348 g/mol. The number of carbonyl (C=O) groups excluding carboxylic acids is 2. The fraction of sp³-hybridized carbons (Fsp3) is 0.471. The zero-order valence-electron chi connectivity index (χ0n) is 13.8. The summed E-state index contributed by atoms with van der Waals surface area (Å²) in [5, 5.41) is 14.1. The maximum Gasteiger partial charge on any atom is 0.270 e. The van der Waals surface area contributed by atoms with E-state index in [1.165, 1.54) is 12.1 Å². The average Bonchev–Trinajstić information content (AvgIpc) is 2.78. The molecule has 1 fully saturated rings. The molecule has 2 N–H and O–H groups in total. The lowest BCUT2D eigenvalue weighted by Crippen LogP contribution is -2.43. The number of aliphatic hydroxyl groups excluding tert-OH is 1. The summed E-state index contributed by atoms with van der Waals surface area (Å²) in [6.45, 7) is 2.30. The number of aliphatic hydroxyl groups is 1. The SMILES string of the molecule is O=C1CCC(C(=O)N2CCN(Cc3ccc(F)cc3)C[C@H](O)C2)=NN1. The fourth-order valence-electron chi connectivity index (χ4n) is 3.04. The van der Waals surface area contributed by atoms with Crippen LogP contribution in [0.2, 0.25) is 0 Å². The van der Waals surface area contributed by atoms with Gasteiger partial charge in [0.25, 0.3) is 5.91 Å². The van der Waals surface area contributed by atoms with Crippen LogP contribution in [0.15, 0.2) is 29.4 Å². The number of hydrogen-bond acceptors (Lipinski definition) is 5. The van der Waals surface area contributed by atoms with Crippen molar-refractivity contribution in [2.45, 2.75) is 25.5 Å². The van der Waals surface area contributed by atoms with Crippen LogP contribution in [0.1, 0.15) is 18.4 Å². The summed E-state index contributed by atoms with van der Waals surface area (Å²) in [6, 6.07) is 6.26. The molecular weight excluding hydrogens is 327 g/mol. The maximum absolute atomic E-state index is 13.0. The van der Waals surface area contributed by atoms with Gasteiger partial charge in [-0.15, -0.1) is 0 Å². The minimum Gasteiger partial charge on any atom is -0.390 e. The van der Waals surface area contributed by atoms with E-state index < -0.39 is 6.10 Å². The van der Waals surface area contributed by atoms with Gasteiger partial charge in [-0.1, -0.05) is 12.1 Å². The summed E-state index contributed by atoms with van der Waals surface area (Å²) < 4.78 is 13.0. The van der Waals surface area contributed by atoms with Gasteiger partial charge in [0.1, 0.15) is 11.5 Å². The van der Waals surface area contributed by atoms with Gasteiger partial charge in [-0.25, -0.2) is 9.82 Å². The van der Waals surface area contributed by atoms with Crippen molar-refractivity contribution in [2.75, 3.05) is 26.2 Å². The maximum atomic E-state index is 13.0. The Kier molecular flexibility index (Phi) is 5.40. The van der Waals surface area contributed by atoms with Crippen LogP contribution < -0.4 is 5.43 Å². The zero-order valence-corrected chi connectivity index (χ0v) is 13.8. The number of nitrogens with zero attached hydrogens (tertiary/aromatic N) is 3. The Balaban J connectivity index is 1.61. The Morgan fingerprint density at radius 1 is 1.24 bits per heavy atom. The van der Waals surface area contributed by atoms with Gasteiger partial charge in [0.15, 0.2) is 0 Å². The Morgan fingerprint density at radius 2 is 2.00 bits per heavy atom. The van der Waals surface area contributed by atoms with Gasteiger partial charge < -0.3 is 10.0 Å². The van der Waals surface area contributed by atoms with Gasteiger partial charge in [-0.05, 0) is 17.7 Å². The van der Waals surface area contributed by atoms with Crippen LogP contribution in [0.4, 0.5) is 4.39 Å². The molecule has 0 unspecified atom stereocenters. The number of amides is 2. The lowest BCUT2D eigenvalue weighted by atomic mass is 10.1. The largest absolute Gasteiger partial charge is 0.390 e. The molecule has 134 valence electrons. The van der Waals surface area contributed by atoms with E-state index in [9.17, 15) is 19.1 Å². The topological polar surface area (TPSA) is 85.2 Å². The van der Waals surface area contributed by atoms with E-state index in [0.717, 1.165) is 5.56 Å². The van der Waals surface area contributed by atoms with Crippen molar-refractivity contribution in [3.05, 3.63) is 35.6 Å². The molecule has 3 rings (SSSR count). The summed E-state index contributed by atoms with van der Waals surface area (Å²) in [5.74, 6) is -0.725. The second kappa shape index (κ2) is 7.71. The first-order valence-electron chi connectivity index (χ1n) is 8.31. The van der Waals surface area contributed by atoms with Gasteiger partial charge in [0, 0.05) is 45.6 Å². The van der Waals surface area contributed by atoms with Crippen molar-refractivity contribution in [3.63, 3.8) is 0 Å². The molecule has 1 aromatic rings. The molecular formula is C17H21FN4O3. The number of hydrogen-bond donors (Lipinski definition) is 2. The minimum atomic E-state index is -0.675. The highest BCUT2D eigenvalue weighted by Gasteiger charge is 2.28. The molecule has 0 aromatic heterocycles. The van der Waals surface area contributed by atoms with Gasteiger partial charge in [0.05, 0.1) is 6.10 Å². The third kappa shape index (κ3) is 4.61. The predicted octanol–water partition coefficient (Wildman–Crippen LogP) is 0.0968. The molecule has 2 amide bonds. The number of hydrazone groups is 1. The molecule has 2 aliphatic heterocycles. The molecule has 2 aliphatic rings. The van der Waals surface area contributed by atoms with E-state index >= 15 is 0 Å². The van der Waals surface area contributed by atoms with Crippen molar-refractivity contribution < 1.29 is 19.1 Å². The Labute approximate surface area is 145 Å². The van der Waals surface area contributed by atoms with Crippen LogP contribution >= 0.6 is 0 Å². The van der Waals surface area contributed by atoms with Gasteiger partial charge in [-0.3, -0.25) is 14.5 Å². The quantitative estimate of drug-likeness (QED) is 0.811. The lowest BCUT2D eigenvalue weighted by molar-refractivity contribution is -0.125. The number of benzene rings is 1. The summed E-state index contributed by atoms with van der Waals surface area (Å²) >= 11 is 0. The number of nitrogens with one attached hydrogen (secondary N) is 1. The summed E-state index contributed by atoms with van der Waals surface area (Å²) in [5.41, 5.74) is 3.59. The minimum absolute atomic E-state index is 0.196. The third-order valence-corrected chi connectivity index (χ3v) is 4.34. The number of rotatable bonds is 3. The van der Waals surface area contributed by atoms with Gasteiger partial charge >= 0.3 is 0 Å². The molecule has 0 spiro atoms. The second-order valence-electron chi connectivity index (χ2n) is 6.36. The fourth-order valence-corrected chi connectivity index (χ4v) is 3.04. The molecule has 1 saturated heterocycles. The Hall–Kier alpha value is -2.32. The molecule has 1 aromatic carbocycles. The van der Waals surface area contributed by atoms with E-state index in [0.29, 0.717) is 38.3 Å². The third-order valence-electron chi connectivity index (χ3n) is 4.34. The highest BCUT2D eigenvalue weighted by atomic mass is 19.1. The molecule has 1 atom stereocenters. The van der Waals surface area contributed by atoms with Crippen LogP contribution in [0.25, 0.3) is 0 Å². The van der Waals surface area contributed by atoms with Crippen LogP contribution in [0, 0.1) is 5.82 Å². The first-order valence-corrected chi connectivity index (χ1v) is 8.31. The molecule has 0 radical (unpaired) electrons. The highest BCUT2D eigenvalue weighted by molar-refractivity contribution is 6.39. The van der Waals surface area contributed by atoms with Gasteiger partial charge in [-0.2, -0.15) is 5.10 Å². The van der Waals surface area contributed by atoms with Crippen molar-refractivity contribution in [3.8, 4) is 0 Å². The summed E-state index contributed by atoms with van der Waals surface area (Å²) in [7, 11) is 0. The number of carbonyl (C=O) groups is 2. The molecule has 25 heavy (non-hydrogen) atoms. The first kappa shape index (κ1) is 17.5. The van der Waals surface area contributed by atoms with Crippen LogP contribution in [-0.4, -0.2) is 64.7 Å². The molecule has 2 heterocycles. The van der Waals surface area contributed by atoms with Crippen molar-refractivity contribution in [1.29, 1.82) is 0 Å². The van der Waals surface area contributed by atoms with Crippen molar-refractivity contribution in [1.82, 2.24) is 15.2 Å². The van der Waals surface area contributed by atoms with Gasteiger partial charge in [0.2, 0.25) is 5.91 Å². The number of β-amino-alcohol motifs (C(OH)–C–C–N with tert-alkyl or cyclic N) is 1. The van der Waals surface area contributed by atoms with E-state index in [1.807, 2.05) is 4.90 Å². The molecule has 0 aliphatic carbocycles. The molecule has 7 nitrogen and oxygen atoms in total. The summed E-state index contributed by atoms with van der Waals surface area (Å²) in [4.78, 5) is 27.3. The van der Waals surface area contributed by atoms with Crippen molar-refractivity contribution in [2.24, 2.45) is 5.10 Å². The van der Waals surface area contributed by atoms with E-state index in [4.69, 9.17) is 0 Å². The Morgan fingerprint density at radius 3 is 2.68 bits per heavy atom. The normalized spacial score (nSPS) is 22.2. The Bertz CT molecular complexity index is 677. The second-order valence-corrected chi connectivity index (χ2v) is 6.36. The monoisotopic (exact) mass is 348 g/mol. The first-order chi connectivity index (χ1) is 12.0. The predicted molar refractivity (Wildman–Crippen MR) is 89.1 cm³/mol. The highest BCUT2D eigenvalue weighted by Crippen LogP contribution is 2.12. The van der Waals surface area contributed by atoms with E-state index in [1.54, 1.807) is 17.0 Å². The lowest BCUT2D eigenvalue weighted by Gasteiger charge is -2.23. The standard InChI is InChI=1S/C17H21FN4O3/c18-13-3-1-12(2-4-13)9-21-7-8-22(11-14(23)10-21)17(25)15-5-6-16(24)20-19-15/h1-4,14,23H,5-11H2,(H,20,24)/t14-/m0/s1. The van der Waals surface area contributed by atoms with Crippen LogP contribution in [0.3, 0.4) is 0 Å². The zero-order chi connectivity index (χ0) is 17.8. The smallest absolute Gasteiger partial charge is 0.270 e.